The third-order valence-corrected chi connectivity index (χ3v) is 6.10. The summed E-state index contributed by atoms with van der Waals surface area (Å²) in [5.74, 6) is 1.24. The number of hydrogen-bond donors (Lipinski definition) is 1. The Labute approximate surface area is 174 Å². The van der Waals surface area contributed by atoms with E-state index in [4.69, 9.17) is 22.2 Å². The van der Waals surface area contributed by atoms with Crippen LogP contribution in [0.2, 0.25) is 5.02 Å². The second-order valence-electron chi connectivity index (χ2n) is 8.18. The third kappa shape index (κ3) is 4.16. The summed E-state index contributed by atoms with van der Waals surface area (Å²) < 4.78 is 1.85. The van der Waals surface area contributed by atoms with Crippen LogP contribution in [0.3, 0.4) is 0 Å². The lowest BCUT2D eigenvalue weighted by Gasteiger charge is -2.36. The van der Waals surface area contributed by atoms with Gasteiger partial charge in [-0.25, -0.2) is 9.50 Å². The average molecular weight is 410 g/mol. The highest BCUT2D eigenvalue weighted by Crippen LogP contribution is 2.36. The average Bonchev–Trinajstić information content (AvgIpc) is 3.12. The van der Waals surface area contributed by atoms with Crippen LogP contribution in [0.25, 0.3) is 27.3 Å². The zero-order valence-electron chi connectivity index (χ0n) is 16.6. The number of fused-ring (bicyclic) bond motifs is 1. The Morgan fingerprint density at radius 3 is 2.72 bits per heavy atom. The number of hydrogen-bond acceptors (Lipinski definition) is 4. The van der Waals surface area contributed by atoms with E-state index in [9.17, 15) is 0 Å². The van der Waals surface area contributed by atoms with Gasteiger partial charge < -0.3 is 5.32 Å². The van der Waals surface area contributed by atoms with Crippen LogP contribution in [-0.2, 0) is 0 Å². The molecule has 0 bridgehead atoms. The van der Waals surface area contributed by atoms with Gasteiger partial charge in [-0.3, -0.25) is 0 Å². The predicted molar refractivity (Wildman–Crippen MR) is 116 cm³/mol. The van der Waals surface area contributed by atoms with Gasteiger partial charge >= 0.3 is 0 Å². The van der Waals surface area contributed by atoms with Crippen LogP contribution >= 0.6 is 11.6 Å². The Kier molecular flexibility index (Phi) is 5.35. The molecule has 2 heterocycles. The van der Waals surface area contributed by atoms with Gasteiger partial charge in [-0.15, -0.1) is 5.10 Å². The molecule has 4 rings (SSSR count). The molecule has 1 aliphatic carbocycles. The quantitative estimate of drug-likeness (QED) is 0.313. The van der Waals surface area contributed by atoms with Crippen LogP contribution in [0.5, 0.6) is 0 Å². The lowest BCUT2D eigenvalue weighted by molar-refractivity contribution is 0.230. The number of imidazole rings is 1. The highest BCUT2D eigenvalue weighted by molar-refractivity contribution is 6.30. The molecule has 0 aliphatic heterocycles. The van der Waals surface area contributed by atoms with E-state index in [1.807, 2.05) is 61.0 Å². The topological polar surface area (TPSA) is 91.0 Å². The standard InChI is InChI=1S/C21H24ClN7/c1-21(2,27-28-23)15-6-8-17(9-7-15)25-19-10-11-20-24-13-18(29(20)26-19)14-4-3-5-16(22)12-14/h3-5,10-13,15,17H,6-9H2,1-2H3,(H,25,26)/t15-,17-. The van der Waals surface area contributed by atoms with Crippen molar-refractivity contribution in [2.75, 3.05) is 5.32 Å². The van der Waals surface area contributed by atoms with Crippen molar-refractivity contribution in [3.05, 3.63) is 58.1 Å². The SMILES string of the molecule is CC(C)(N=[N+]=[N-])[C@H]1CC[C@H](Nc2ccc3ncc(-c4cccc(Cl)c4)n3n2)CC1. The van der Waals surface area contributed by atoms with E-state index in [0.717, 1.165) is 48.4 Å². The normalized spacial score (nSPS) is 19.7. The molecule has 150 valence electrons. The molecule has 1 fully saturated rings. The van der Waals surface area contributed by atoms with Crippen molar-refractivity contribution in [2.24, 2.45) is 11.0 Å². The number of nitrogens with one attached hydrogen (secondary N) is 1. The second-order valence-corrected chi connectivity index (χ2v) is 8.61. The van der Waals surface area contributed by atoms with Crippen molar-refractivity contribution in [2.45, 2.75) is 51.1 Å². The van der Waals surface area contributed by atoms with Gasteiger partial charge in [-0.05, 0) is 61.4 Å². The fraction of sp³-hybridized carbons (Fsp3) is 0.429. The molecule has 0 spiro atoms. The lowest BCUT2D eigenvalue weighted by Crippen LogP contribution is -2.35. The van der Waals surface area contributed by atoms with Crippen molar-refractivity contribution in [1.82, 2.24) is 14.6 Å². The van der Waals surface area contributed by atoms with Gasteiger partial charge in [0.1, 0.15) is 5.82 Å². The van der Waals surface area contributed by atoms with Crippen LogP contribution in [0.1, 0.15) is 39.5 Å². The summed E-state index contributed by atoms with van der Waals surface area (Å²) in [6.07, 6.45) is 5.94. The number of anilines is 1. The number of azide groups is 1. The van der Waals surface area contributed by atoms with Gasteiger partial charge in [0.25, 0.3) is 0 Å². The molecule has 1 aromatic carbocycles. The van der Waals surface area contributed by atoms with Crippen LogP contribution in [-0.4, -0.2) is 26.2 Å². The maximum Gasteiger partial charge on any atom is 0.154 e. The summed E-state index contributed by atoms with van der Waals surface area (Å²) in [6.45, 7) is 4.05. The largest absolute Gasteiger partial charge is 0.366 e. The van der Waals surface area contributed by atoms with Gasteiger partial charge in [0.15, 0.2) is 5.65 Å². The Morgan fingerprint density at radius 2 is 2.00 bits per heavy atom. The summed E-state index contributed by atoms with van der Waals surface area (Å²) in [6, 6.07) is 12.0. The molecule has 0 unspecified atom stereocenters. The van der Waals surface area contributed by atoms with Crippen LogP contribution < -0.4 is 5.32 Å². The number of nitrogens with zero attached hydrogens (tertiary/aromatic N) is 6. The zero-order chi connectivity index (χ0) is 20.4. The summed E-state index contributed by atoms with van der Waals surface area (Å²) in [7, 11) is 0. The van der Waals surface area contributed by atoms with Crippen molar-refractivity contribution < 1.29 is 0 Å². The van der Waals surface area contributed by atoms with Crippen molar-refractivity contribution in [3.8, 4) is 11.3 Å². The van der Waals surface area contributed by atoms with Crippen LogP contribution in [0.4, 0.5) is 5.82 Å². The third-order valence-electron chi connectivity index (χ3n) is 5.86. The van der Waals surface area contributed by atoms with E-state index in [1.165, 1.54) is 0 Å². The molecular weight excluding hydrogens is 386 g/mol. The first-order chi connectivity index (χ1) is 14.0. The first-order valence-electron chi connectivity index (χ1n) is 9.90. The highest BCUT2D eigenvalue weighted by atomic mass is 35.5. The molecular formula is C21H24ClN7. The molecule has 29 heavy (non-hydrogen) atoms. The summed E-state index contributed by atoms with van der Waals surface area (Å²) in [5, 5.41) is 13.0. The highest BCUT2D eigenvalue weighted by Gasteiger charge is 2.32. The van der Waals surface area contributed by atoms with Crippen LogP contribution in [0.15, 0.2) is 47.7 Å². The Hall–Kier alpha value is -2.76. The maximum absolute atomic E-state index is 8.79. The van der Waals surface area contributed by atoms with Crippen molar-refractivity contribution >= 4 is 23.1 Å². The summed E-state index contributed by atoms with van der Waals surface area (Å²) >= 11 is 6.15. The first-order valence-corrected chi connectivity index (χ1v) is 10.3. The molecule has 0 amide bonds. The van der Waals surface area contributed by atoms with E-state index >= 15 is 0 Å². The Balaban J connectivity index is 1.50. The van der Waals surface area contributed by atoms with E-state index in [2.05, 4.69) is 20.3 Å². The Morgan fingerprint density at radius 1 is 1.21 bits per heavy atom. The monoisotopic (exact) mass is 409 g/mol. The van der Waals surface area contributed by atoms with Crippen molar-refractivity contribution in [1.29, 1.82) is 0 Å². The summed E-state index contributed by atoms with van der Waals surface area (Å²) in [5.41, 5.74) is 11.1. The van der Waals surface area contributed by atoms with E-state index in [0.29, 0.717) is 17.0 Å². The van der Waals surface area contributed by atoms with Gasteiger partial charge in [0.2, 0.25) is 0 Å². The predicted octanol–water partition coefficient (Wildman–Crippen LogP) is 6.11. The molecule has 0 saturated heterocycles. The van der Waals surface area contributed by atoms with Gasteiger partial charge in [0, 0.05) is 27.1 Å². The van der Waals surface area contributed by atoms with E-state index in [1.54, 1.807) is 0 Å². The molecule has 0 atom stereocenters. The molecule has 1 saturated carbocycles. The number of rotatable bonds is 5. The molecule has 1 aliphatic rings. The fourth-order valence-electron chi connectivity index (χ4n) is 4.15. The molecule has 0 radical (unpaired) electrons. The molecule has 7 nitrogen and oxygen atoms in total. The number of halogens is 1. The molecule has 3 aromatic rings. The van der Waals surface area contributed by atoms with Gasteiger partial charge in [-0.1, -0.05) is 42.7 Å². The van der Waals surface area contributed by atoms with Gasteiger partial charge in [0.05, 0.1) is 11.9 Å². The molecule has 8 heteroatoms. The fourth-order valence-corrected chi connectivity index (χ4v) is 4.34. The minimum atomic E-state index is -0.334. The van der Waals surface area contributed by atoms with Crippen molar-refractivity contribution in [3.63, 3.8) is 0 Å². The minimum absolute atomic E-state index is 0.334. The maximum atomic E-state index is 8.79. The smallest absolute Gasteiger partial charge is 0.154 e. The lowest BCUT2D eigenvalue weighted by atomic mass is 9.75. The number of benzene rings is 1. The molecule has 1 N–H and O–H groups in total. The van der Waals surface area contributed by atoms with Gasteiger partial charge in [-0.2, -0.15) is 0 Å². The first kappa shape index (κ1) is 19.6. The van der Waals surface area contributed by atoms with Crippen LogP contribution in [0, 0.1) is 5.92 Å². The Bertz CT molecular complexity index is 1060. The van der Waals surface area contributed by atoms with E-state index in [-0.39, 0.29) is 5.54 Å². The summed E-state index contributed by atoms with van der Waals surface area (Å²) in [4.78, 5) is 7.47. The minimum Gasteiger partial charge on any atom is -0.366 e. The zero-order valence-corrected chi connectivity index (χ0v) is 17.3. The molecule has 2 aromatic heterocycles. The van der Waals surface area contributed by atoms with E-state index < -0.39 is 0 Å². The second kappa shape index (κ2) is 7.93. The number of aromatic nitrogens is 3.